The van der Waals surface area contributed by atoms with Crippen LogP contribution in [0.5, 0.6) is 0 Å². The summed E-state index contributed by atoms with van der Waals surface area (Å²) >= 11 is 0. The molecule has 0 aliphatic carbocycles. The van der Waals surface area contributed by atoms with Gasteiger partial charge in [-0.3, -0.25) is 9.19 Å². The van der Waals surface area contributed by atoms with Crippen LogP contribution in [0.2, 0.25) is 0 Å². The largest absolute Gasteiger partial charge is 0.478 e. The second kappa shape index (κ2) is 5.71. The van der Waals surface area contributed by atoms with Crippen molar-refractivity contribution in [2.24, 2.45) is 0 Å². The number of carboxylic acids is 1. The quantitative estimate of drug-likeness (QED) is 0.932. The molecule has 2 aromatic rings. The summed E-state index contributed by atoms with van der Waals surface area (Å²) in [7, 11) is -1.44. The Labute approximate surface area is 111 Å². The maximum absolute atomic E-state index is 13.0. The van der Waals surface area contributed by atoms with Gasteiger partial charge in [-0.2, -0.15) is 0 Å². The van der Waals surface area contributed by atoms with Crippen LogP contribution in [0, 0.1) is 5.82 Å². The van der Waals surface area contributed by atoms with E-state index in [1.54, 1.807) is 6.07 Å². The highest BCUT2D eigenvalue weighted by atomic mass is 32.2. The van der Waals surface area contributed by atoms with E-state index >= 15 is 0 Å². The van der Waals surface area contributed by atoms with Crippen LogP contribution in [0.1, 0.15) is 15.9 Å². The number of hydrogen-bond acceptors (Lipinski definition) is 3. The molecule has 0 bridgehead atoms. The number of carboxylic acid groups (broad SMARTS) is 1. The fourth-order valence-electron chi connectivity index (χ4n) is 1.54. The molecule has 1 unspecified atom stereocenters. The lowest BCUT2D eigenvalue weighted by atomic mass is 10.2. The fraction of sp³-hybridized carbons (Fsp3) is 0.0769. The molecule has 2 rings (SSSR count). The van der Waals surface area contributed by atoms with Crippen LogP contribution in [-0.4, -0.2) is 20.3 Å². The number of benzene rings is 1. The number of nitrogens with zero attached hydrogens (tertiary/aromatic N) is 1. The highest BCUT2D eigenvalue weighted by Gasteiger charge is 2.09. The number of aromatic carboxylic acids is 1. The van der Waals surface area contributed by atoms with E-state index in [1.807, 2.05) is 0 Å². The molecule has 1 aromatic heterocycles. The van der Waals surface area contributed by atoms with Gasteiger partial charge in [0.1, 0.15) is 5.82 Å². The smallest absolute Gasteiger partial charge is 0.335 e. The molecule has 0 saturated heterocycles. The van der Waals surface area contributed by atoms with Gasteiger partial charge in [-0.1, -0.05) is 6.07 Å². The summed E-state index contributed by atoms with van der Waals surface area (Å²) in [5.74, 6) is -1.48. The van der Waals surface area contributed by atoms with E-state index in [9.17, 15) is 13.4 Å². The van der Waals surface area contributed by atoms with Crippen LogP contribution in [-0.2, 0) is 16.6 Å². The Morgan fingerprint density at radius 2 is 2.11 bits per heavy atom. The Kier molecular flexibility index (Phi) is 4.01. The van der Waals surface area contributed by atoms with E-state index in [0.717, 1.165) is 6.20 Å². The first kappa shape index (κ1) is 13.4. The van der Waals surface area contributed by atoms with Gasteiger partial charge in [0.15, 0.2) is 0 Å². The SMILES string of the molecule is O=C(O)c1cccc(S(=O)Cc2cncc(F)c2)c1. The Bertz CT molecular complexity index is 645. The number of hydrogen-bond donors (Lipinski definition) is 1. The zero-order valence-electron chi connectivity index (χ0n) is 9.75. The molecule has 0 aliphatic heterocycles. The first-order valence-corrected chi connectivity index (χ1v) is 6.69. The number of carbonyl (C=O) groups is 1. The predicted molar refractivity (Wildman–Crippen MR) is 67.7 cm³/mol. The third-order valence-electron chi connectivity index (χ3n) is 2.40. The normalized spacial score (nSPS) is 12.1. The van der Waals surface area contributed by atoms with Crippen LogP contribution in [0.25, 0.3) is 0 Å². The Hall–Kier alpha value is -2.08. The third kappa shape index (κ3) is 3.45. The minimum atomic E-state index is -1.44. The number of halogens is 1. The van der Waals surface area contributed by atoms with Crippen molar-refractivity contribution in [3.63, 3.8) is 0 Å². The molecule has 98 valence electrons. The van der Waals surface area contributed by atoms with E-state index in [2.05, 4.69) is 4.98 Å². The van der Waals surface area contributed by atoms with Crippen LogP contribution in [0.15, 0.2) is 47.6 Å². The summed E-state index contributed by atoms with van der Waals surface area (Å²) in [5.41, 5.74) is 0.572. The average molecular weight is 279 g/mol. The lowest BCUT2D eigenvalue weighted by molar-refractivity contribution is 0.0696. The van der Waals surface area contributed by atoms with Gasteiger partial charge in [0, 0.05) is 11.1 Å². The number of pyridine rings is 1. The standard InChI is InChI=1S/C13H10FNO3S/c14-11-4-9(6-15-7-11)8-19(18)12-3-1-2-10(5-12)13(16)17/h1-7H,8H2,(H,16,17). The molecule has 19 heavy (non-hydrogen) atoms. The Morgan fingerprint density at radius 3 is 2.79 bits per heavy atom. The summed E-state index contributed by atoms with van der Waals surface area (Å²) in [6.07, 6.45) is 2.50. The average Bonchev–Trinajstić information content (AvgIpc) is 2.39. The zero-order valence-corrected chi connectivity index (χ0v) is 10.6. The minimum Gasteiger partial charge on any atom is -0.478 e. The van der Waals surface area contributed by atoms with Gasteiger partial charge in [-0.15, -0.1) is 0 Å². The summed E-state index contributed by atoms with van der Waals surface area (Å²) in [6.45, 7) is 0. The molecule has 0 radical (unpaired) electrons. The molecular formula is C13H10FNO3S. The van der Waals surface area contributed by atoms with Gasteiger partial charge >= 0.3 is 5.97 Å². The van der Waals surface area contributed by atoms with Crippen LogP contribution < -0.4 is 0 Å². The number of aromatic nitrogens is 1. The van der Waals surface area contributed by atoms with E-state index in [0.29, 0.717) is 10.5 Å². The third-order valence-corrected chi connectivity index (χ3v) is 3.78. The van der Waals surface area contributed by atoms with Crippen LogP contribution in [0.4, 0.5) is 4.39 Å². The predicted octanol–water partition coefficient (Wildman–Crippen LogP) is 2.23. The van der Waals surface area contributed by atoms with E-state index in [4.69, 9.17) is 5.11 Å². The lowest BCUT2D eigenvalue weighted by Crippen LogP contribution is -2.01. The first-order valence-electron chi connectivity index (χ1n) is 5.37. The minimum absolute atomic E-state index is 0.0724. The van der Waals surface area contributed by atoms with E-state index < -0.39 is 22.6 Å². The molecule has 4 nitrogen and oxygen atoms in total. The Morgan fingerprint density at radius 1 is 1.32 bits per heavy atom. The molecule has 0 spiro atoms. The molecule has 0 amide bonds. The van der Waals surface area contributed by atoms with Gasteiger partial charge in [0.05, 0.1) is 28.3 Å². The molecule has 0 aliphatic rings. The molecule has 1 aromatic carbocycles. The van der Waals surface area contributed by atoms with Crippen molar-refractivity contribution in [3.8, 4) is 0 Å². The van der Waals surface area contributed by atoms with Crippen molar-refractivity contribution in [2.75, 3.05) is 0 Å². The Balaban J connectivity index is 2.20. The van der Waals surface area contributed by atoms with Crippen molar-refractivity contribution < 1.29 is 18.5 Å². The lowest BCUT2D eigenvalue weighted by Gasteiger charge is -2.03. The second-order valence-electron chi connectivity index (χ2n) is 3.83. The molecule has 1 atom stereocenters. The molecular weight excluding hydrogens is 269 g/mol. The molecule has 1 N–H and O–H groups in total. The van der Waals surface area contributed by atoms with Crippen molar-refractivity contribution in [1.82, 2.24) is 4.98 Å². The van der Waals surface area contributed by atoms with Crippen molar-refractivity contribution in [1.29, 1.82) is 0 Å². The van der Waals surface area contributed by atoms with Gasteiger partial charge in [-0.25, -0.2) is 9.18 Å². The summed E-state index contributed by atoms with van der Waals surface area (Å²) < 4.78 is 25.0. The highest BCUT2D eigenvalue weighted by molar-refractivity contribution is 7.84. The van der Waals surface area contributed by atoms with Crippen LogP contribution >= 0.6 is 0 Å². The van der Waals surface area contributed by atoms with Gasteiger partial charge < -0.3 is 5.11 Å². The van der Waals surface area contributed by atoms with Gasteiger partial charge in [0.25, 0.3) is 0 Å². The summed E-state index contributed by atoms with van der Waals surface area (Å²) in [5, 5.41) is 8.86. The first-order chi connectivity index (χ1) is 9.06. The van der Waals surface area contributed by atoms with Crippen molar-refractivity contribution in [2.45, 2.75) is 10.6 Å². The topological polar surface area (TPSA) is 67.3 Å². The fourth-order valence-corrected chi connectivity index (χ4v) is 2.66. The maximum Gasteiger partial charge on any atom is 0.335 e. The number of rotatable bonds is 4. The highest BCUT2D eigenvalue weighted by Crippen LogP contribution is 2.14. The van der Waals surface area contributed by atoms with Crippen molar-refractivity contribution >= 4 is 16.8 Å². The zero-order chi connectivity index (χ0) is 13.8. The van der Waals surface area contributed by atoms with Gasteiger partial charge in [-0.05, 0) is 29.8 Å². The van der Waals surface area contributed by atoms with E-state index in [-0.39, 0.29) is 11.3 Å². The molecule has 1 heterocycles. The van der Waals surface area contributed by atoms with Gasteiger partial charge in [0.2, 0.25) is 0 Å². The molecule has 0 saturated carbocycles. The molecule has 6 heteroatoms. The summed E-state index contributed by atoms with van der Waals surface area (Å²) in [4.78, 5) is 14.9. The maximum atomic E-state index is 13.0. The van der Waals surface area contributed by atoms with Crippen LogP contribution in [0.3, 0.4) is 0 Å². The molecule has 0 fully saturated rings. The van der Waals surface area contributed by atoms with Crippen molar-refractivity contribution in [3.05, 3.63) is 59.7 Å². The van der Waals surface area contributed by atoms with E-state index in [1.165, 1.54) is 30.5 Å². The monoisotopic (exact) mass is 279 g/mol. The second-order valence-corrected chi connectivity index (χ2v) is 5.29. The summed E-state index contributed by atoms with van der Waals surface area (Å²) in [6, 6.07) is 7.14.